The molecule has 0 saturated carbocycles. The Bertz CT molecular complexity index is 1580. The van der Waals surface area contributed by atoms with E-state index in [1.807, 2.05) is 13.8 Å². The van der Waals surface area contributed by atoms with Crippen LogP contribution in [0.25, 0.3) is 22.3 Å². The molecule has 9 nitrogen and oxygen atoms in total. The van der Waals surface area contributed by atoms with E-state index in [0.717, 1.165) is 10.6 Å². The fourth-order valence-electron chi connectivity index (χ4n) is 3.58. The maximum absolute atomic E-state index is 13.6. The number of halogens is 1. The summed E-state index contributed by atoms with van der Waals surface area (Å²) in [5, 5.41) is -0.198. The van der Waals surface area contributed by atoms with Crippen molar-refractivity contribution in [2.45, 2.75) is 30.7 Å². The Morgan fingerprint density at radius 1 is 0.971 bits per heavy atom. The van der Waals surface area contributed by atoms with Gasteiger partial charge >= 0.3 is 0 Å². The lowest BCUT2D eigenvalue weighted by atomic mass is 9.99. The molecule has 35 heavy (non-hydrogen) atoms. The van der Waals surface area contributed by atoms with Gasteiger partial charge in [-0.25, -0.2) is 40.5 Å². The van der Waals surface area contributed by atoms with Gasteiger partial charge in [0.1, 0.15) is 5.82 Å². The first-order chi connectivity index (χ1) is 16.4. The summed E-state index contributed by atoms with van der Waals surface area (Å²) < 4.78 is 65.8. The second-order valence-corrected chi connectivity index (χ2v) is 12.4. The Morgan fingerprint density at radius 3 is 2.23 bits per heavy atom. The predicted molar refractivity (Wildman–Crippen MR) is 132 cm³/mol. The van der Waals surface area contributed by atoms with E-state index < -0.39 is 31.4 Å². The molecule has 0 bridgehead atoms. The Hall–Kier alpha value is -3.38. The van der Waals surface area contributed by atoms with Crippen LogP contribution in [-0.4, -0.2) is 50.1 Å². The lowest BCUT2D eigenvalue weighted by molar-refractivity contribution is 0.587. The molecule has 2 aromatic carbocycles. The van der Waals surface area contributed by atoms with Gasteiger partial charge in [-0.2, -0.15) is 0 Å². The number of aromatic nitrogens is 4. The zero-order valence-electron chi connectivity index (χ0n) is 19.5. The summed E-state index contributed by atoms with van der Waals surface area (Å²) in [5.74, 6) is -1.35. The summed E-state index contributed by atoms with van der Waals surface area (Å²) in [7, 11) is -6.37. The third-order valence-electron chi connectivity index (χ3n) is 5.47. The number of imidazole rings is 1. The average Bonchev–Trinajstić information content (AvgIpc) is 3.24. The lowest BCUT2D eigenvalue weighted by Gasteiger charge is -2.21. The summed E-state index contributed by atoms with van der Waals surface area (Å²) in [6.45, 7) is 3.64. The fourth-order valence-corrected chi connectivity index (χ4v) is 5.26. The van der Waals surface area contributed by atoms with E-state index in [4.69, 9.17) is 0 Å². The standard InChI is InChI=1S/C23H24FN5O4S2/c1-14(2)20-17(13-35(32,33)23-25-18-7-5-6-8-19(18)26-23)21(15-9-11-16(24)12-10-15)28-22(27-20)29(3)34(4,30)31/h5-12,14H,13H2,1-4H3,(H,25,26). The number of aromatic amines is 1. The third kappa shape index (κ3) is 5.03. The molecule has 0 aliphatic carbocycles. The minimum absolute atomic E-state index is 0.111. The largest absolute Gasteiger partial charge is 0.329 e. The molecular weight excluding hydrogens is 493 g/mol. The van der Waals surface area contributed by atoms with Gasteiger partial charge < -0.3 is 4.98 Å². The summed E-state index contributed by atoms with van der Waals surface area (Å²) in [6, 6.07) is 12.3. The van der Waals surface area contributed by atoms with Crippen LogP contribution < -0.4 is 4.31 Å². The molecule has 2 aromatic heterocycles. The first kappa shape index (κ1) is 24.7. The van der Waals surface area contributed by atoms with E-state index in [2.05, 4.69) is 19.9 Å². The molecule has 12 heteroatoms. The predicted octanol–water partition coefficient (Wildman–Crippen LogP) is 3.65. The molecule has 0 fully saturated rings. The van der Waals surface area contributed by atoms with E-state index in [1.54, 1.807) is 24.3 Å². The van der Waals surface area contributed by atoms with E-state index in [0.29, 0.717) is 22.3 Å². The SMILES string of the molecule is CC(C)c1nc(N(C)S(C)(=O)=O)nc(-c2ccc(F)cc2)c1CS(=O)(=O)c1nc2ccccc2[nH]1. The van der Waals surface area contributed by atoms with Crippen molar-refractivity contribution in [3.63, 3.8) is 0 Å². The number of fused-ring (bicyclic) bond motifs is 1. The number of anilines is 1. The van der Waals surface area contributed by atoms with Crippen molar-refractivity contribution in [1.29, 1.82) is 0 Å². The number of nitrogens with zero attached hydrogens (tertiary/aromatic N) is 4. The molecule has 184 valence electrons. The van der Waals surface area contributed by atoms with Gasteiger partial charge in [0.15, 0.2) is 0 Å². The summed E-state index contributed by atoms with van der Waals surface area (Å²) in [6.07, 6.45) is 1.02. The Balaban J connectivity index is 1.94. The number of hydrogen-bond acceptors (Lipinski definition) is 7. The normalized spacial score (nSPS) is 12.4. The Labute approximate surface area is 203 Å². The van der Waals surface area contributed by atoms with Crippen LogP contribution in [0.4, 0.5) is 10.3 Å². The number of H-pyrrole nitrogens is 1. The second-order valence-electron chi connectivity index (χ2n) is 8.45. The van der Waals surface area contributed by atoms with E-state index in [-0.39, 0.29) is 28.3 Å². The van der Waals surface area contributed by atoms with Crippen molar-refractivity contribution in [3.05, 3.63) is 65.6 Å². The maximum Gasteiger partial charge on any atom is 0.239 e. The van der Waals surface area contributed by atoms with Gasteiger partial charge in [-0.1, -0.05) is 26.0 Å². The number of sulfone groups is 1. The van der Waals surface area contributed by atoms with E-state index >= 15 is 0 Å². The molecule has 4 rings (SSSR count). The van der Waals surface area contributed by atoms with E-state index in [9.17, 15) is 21.2 Å². The highest BCUT2D eigenvalue weighted by molar-refractivity contribution is 7.92. The average molecular weight is 518 g/mol. The molecule has 4 aromatic rings. The van der Waals surface area contributed by atoms with Gasteiger partial charge in [0.2, 0.25) is 31.0 Å². The summed E-state index contributed by atoms with van der Waals surface area (Å²) >= 11 is 0. The van der Waals surface area contributed by atoms with Gasteiger partial charge in [0.25, 0.3) is 0 Å². The van der Waals surface area contributed by atoms with Crippen LogP contribution in [0.2, 0.25) is 0 Å². The van der Waals surface area contributed by atoms with Crippen molar-refractivity contribution >= 4 is 36.8 Å². The van der Waals surface area contributed by atoms with Crippen LogP contribution in [0.5, 0.6) is 0 Å². The van der Waals surface area contributed by atoms with Gasteiger partial charge in [-0.3, -0.25) is 0 Å². The molecule has 0 saturated heterocycles. The third-order valence-corrected chi connectivity index (χ3v) is 8.08. The first-order valence-electron chi connectivity index (χ1n) is 10.6. The van der Waals surface area contributed by atoms with Gasteiger partial charge in [0.05, 0.1) is 34.4 Å². The molecule has 0 aliphatic rings. The lowest BCUT2D eigenvalue weighted by Crippen LogP contribution is -2.28. The van der Waals surface area contributed by atoms with Crippen molar-refractivity contribution in [3.8, 4) is 11.3 Å². The van der Waals surface area contributed by atoms with E-state index in [1.165, 1.54) is 31.3 Å². The van der Waals surface area contributed by atoms with Crippen LogP contribution in [0.3, 0.4) is 0 Å². The van der Waals surface area contributed by atoms with Crippen molar-refractivity contribution < 1.29 is 21.2 Å². The van der Waals surface area contributed by atoms with Crippen LogP contribution in [-0.2, 0) is 25.6 Å². The maximum atomic E-state index is 13.6. The van der Waals surface area contributed by atoms with Crippen LogP contribution in [0, 0.1) is 5.82 Å². The highest BCUT2D eigenvalue weighted by atomic mass is 32.2. The highest BCUT2D eigenvalue weighted by Crippen LogP contribution is 2.33. The Kier molecular flexibility index (Phi) is 6.36. The Morgan fingerprint density at radius 2 is 1.63 bits per heavy atom. The van der Waals surface area contributed by atoms with Crippen molar-refractivity contribution in [1.82, 2.24) is 19.9 Å². The number of sulfonamides is 1. The van der Waals surface area contributed by atoms with Crippen molar-refractivity contribution in [2.75, 3.05) is 17.6 Å². The van der Waals surface area contributed by atoms with Gasteiger partial charge in [-0.05, 0) is 42.3 Å². The molecule has 0 unspecified atom stereocenters. The quantitative estimate of drug-likeness (QED) is 0.396. The zero-order valence-corrected chi connectivity index (χ0v) is 21.2. The zero-order chi connectivity index (χ0) is 25.5. The van der Waals surface area contributed by atoms with Crippen LogP contribution in [0.1, 0.15) is 31.0 Å². The highest BCUT2D eigenvalue weighted by Gasteiger charge is 2.28. The smallest absolute Gasteiger partial charge is 0.239 e. The minimum atomic E-state index is -3.98. The van der Waals surface area contributed by atoms with Crippen molar-refractivity contribution in [2.24, 2.45) is 0 Å². The molecule has 1 N–H and O–H groups in total. The first-order valence-corrected chi connectivity index (χ1v) is 14.1. The number of nitrogens with one attached hydrogen (secondary N) is 1. The summed E-state index contributed by atoms with van der Waals surface area (Å²) in [5.41, 5.74) is 2.37. The molecule has 0 aliphatic heterocycles. The molecule has 0 amide bonds. The monoisotopic (exact) mass is 517 g/mol. The molecule has 0 atom stereocenters. The minimum Gasteiger partial charge on any atom is -0.329 e. The number of benzene rings is 2. The van der Waals surface area contributed by atoms with Gasteiger partial charge in [-0.15, -0.1) is 0 Å². The van der Waals surface area contributed by atoms with Crippen LogP contribution in [0.15, 0.2) is 53.7 Å². The molecule has 2 heterocycles. The van der Waals surface area contributed by atoms with Crippen LogP contribution >= 0.6 is 0 Å². The molecule has 0 spiro atoms. The van der Waals surface area contributed by atoms with Gasteiger partial charge in [0, 0.05) is 18.2 Å². The summed E-state index contributed by atoms with van der Waals surface area (Å²) in [4.78, 5) is 15.9. The molecule has 0 radical (unpaired) electrons. The topological polar surface area (TPSA) is 126 Å². The second kappa shape index (κ2) is 9.00. The number of hydrogen-bond donors (Lipinski definition) is 1. The fraction of sp³-hybridized carbons (Fsp3) is 0.261. The number of para-hydroxylation sites is 2. The number of rotatable bonds is 7. The molecular formula is C23H24FN5O4S2.